The van der Waals surface area contributed by atoms with E-state index in [1.54, 1.807) is 5.56 Å². The maximum Gasteiger partial charge on any atom is 0.0714 e. The molecule has 0 aliphatic heterocycles. The highest BCUT2D eigenvalue weighted by Crippen LogP contribution is 2.62. The van der Waals surface area contributed by atoms with Crippen LogP contribution >= 0.6 is 0 Å². The molecule has 0 unspecified atom stereocenters. The Labute approximate surface area is 425 Å². The van der Waals surface area contributed by atoms with Gasteiger partial charge in [-0.1, -0.05) is 218 Å². The van der Waals surface area contributed by atoms with E-state index in [1.165, 1.54) is 122 Å². The zero-order chi connectivity index (χ0) is 47.6. The van der Waals surface area contributed by atoms with Crippen LogP contribution < -0.4 is 4.90 Å². The molecule has 10 aromatic rings. The summed E-state index contributed by atoms with van der Waals surface area (Å²) < 4.78 is 0. The van der Waals surface area contributed by atoms with Gasteiger partial charge < -0.3 is 4.90 Å². The minimum atomic E-state index is -0.564. The topological polar surface area (TPSA) is 3.24 Å². The summed E-state index contributed by atoms with van der Waals surface area (Å²) in [6, 6.07) is 95.5. The lowest BCUT2D eigenvalue weighted by molar-refractivity contribution is -0.00518. The van der Waals surface area contributed by atoms with Gasteiger partial charge in [0.25, 0.3) is 0 Å². The molecule has 0 atom stereocenters. The fraction of sp³-hybridized carbons (Fsp3) is 0.155. The fourth-order valence-electron chi connectivity index (χ4n) is 14.7. The van der Waals surface area contributed by atoms with E-state index in [2.05, 4.69) is 260 Å². The first-order chi connectivity index (χ1) is 35.6. The maximum absolute atomic E-state index is 2.53. The number of nitrogens with zero attached hydrogens (tertiary/aromatic N) is 1. The molecule has 10 aromatic carbocycles. The molecule has 4 fully saturated rings. The summed E-state index contributed by atoms with van der Waals surface area (Å²) in [6.07, 6.45) is 8.43. The first kappa shape index (κ1) is 42.8. The van der Waals surface area contributed by atoms with Crippen molar-refractivity contribution in [3.63, 3.8) is 0 Å². The van der Waals surface area contributed by atoms with Gasteiger partial charge in [0.1, 0.15) is 0 Å². The Morgan fingerprint density at radius 3 is 1.24 bits per heavy atom. The molecule has 4 bridgehead atoms. The van der Waals surface area contributed by atoms with E-state index in [4.69, 9.17) is 0 Å². The third-order valence-corrected chi connectivity index (χ3v) is 17.3. The second kappa shape index (κ2) is 17.4. The molecule has 1 heteroatoms. The first-order valence-corrected chi connectivity index (χ1v) is 26.3. The van der Waals surface area contributed by atoms with Crippen LogP contribution in [0.1, 0.15) is 66.3 Å². The number of anilines is 3. The van der Waals surface area contributed by atoms with Crippen LogP contribution in [0.4, 0.5) is 17.1 Å². The lowest BCUT2D eigenvalue weighted by Gasteiger charge is -2.57. The second-order valence-corrected chi connectivity index (χ2v) is 21.4. The third kappa shape index (κ3) is 6.96. The highest BCUT2D eigenvalue weighted by molar-refractivity contribution is 5.97. The van der Waals surface area contributed by atoms with Crippen molar-refractivity contribution in [3.8, 4) is 55.6 Å². The Morgan fingerprint density at radius 2 is 0.708 bits per heavy atom. The number of hydrogen-bond acceptors (Lipinski definition) is 1. The molecule has 0 aromatic heterocycles. The van der Waals surface area contributed by atoms with Gasteiger partial charge in [-0.05, 0) is 182 Å². The van der Waals surface area contributed by atoms with Gasteiger partial charge in [-0.15, -0.1) is 0 Å². The summed E-state index contributed by atoms with van der Waals surface area (Å²) in [5, 5.41) is 0. The van der Waals surface area contributed by atoms with Gasteiger partial charge in [0.05, 0.1) is 5.41 Å². The summed E-state index contributed by atoms with van der Waals surface area (Å²) in [7, 11) is 0. The van der Waals surface area contributed by atoms with E-state index >= 15 is 0 Å². The standard InChI is InChI=1S/C71H57N/c1-5-18-52(19-6-1)61-26-13-15-28-64(61)65-29-16-14-27-62(65)54-32-36-58(37-33-54)72(59-38-34-55(35-39-59)70-46-49-42-50(47-70)44-51(43-49)48-70)60-40-41-66-68(45-60)71(56-22-9-3-10-23-56,57-24-11-4-12-25-57)67-31-17-30-63(69(66)67)53-20-7-2-8-21-53/h1-41,45,49-51H,42-44,46-48H2. The maximum atomic E-state index is 2.53. The van der Waals surface area contributed by atoms with Crippen molar-refractivity contribution in [1.29, 1.82) is 0 Å². The van der Waals surface area contributed by atoms with E-state index in [-0.39, 0.29) is 0 Å². The number of benzene rings is 10. The van der Waals surface area contributed by atoms with E-state index < -0.39 is 5.41 Å². The number of rotatable bonds is 10. The lowest BCUT2D eigenvalue weighted by atomic mass is 9.48. The Bertz CT molecular complexity index is 3500. The highest BCUT2D eigenvalue weighted by Gasteiger charge is 2.52. The Hall–Kier alpha value is -8.00. The molecule has 0 amide bonds. The van der Waals surface area contributed by atoms with Crippen molar-refractivity contribution in [2.75, 3.05) is 4.90 Å². The van der Waals surface area contributed by atoms with Crippen molar-refractivity contribution >= 4 is 17.1 Å². The van der Waals surface area contributed by atoms with Gasteiger partial charge in [0.15, 0.2) is 0 Å². The van der Waals surface area contributed by atoms with Crippen molar-refractivity contribution in [2.45, 2.75) is 49.4 Å². The minimum Gasteiger partial charge on any atom is -0.310 e. The Balaban J connectivity index is 0.947. The third-order valence-electron chi connectivity index (χ3n) is 17.3. The van der Waals surface area contributed by atoms with Crippen molar-refractivity contribution in [2.24, 2.45) is 17.8 Å². The molecular formula is C71H57N. The molecule has 0 radical (unpaired) electrons. The van der Waals surface area contributed by atoms with Crippen LogP contribution in [0.2, 0.25) is 0 Å². The molecule has 1 nitrogen and oxygen atoms in total. The summed E-state index contributed by atoms with van der Waals surface area (Å²) in [5.41, 5.74) is 22.3. The normalized spacial score (nSPS) is 19.9. The van der Waals surface area contributed by atoms with Crippen molar-refractivity contribution in [3.05, 3.63) is 283 Å². The molecule has 4 saturated carbocycles. The van der Waals surface area contributed by atoms with E-state index in [0.29, 0.717) is 5.41 Å². The molecule has 5 aliphatic carbocycles. The largest absolute Gasteiger partial charge is 0.310 e. The summed E-state index contributed by atoms with van der Waals surface area (Å²) in [5.74, 6) is 2.70. The lowest BCUT2D eigenvalue weighted by Crippen LogP contribution is -2.48. The molecule has 5 aliphatic rings. The van der Waals surface area contributed by atoms with Gasteiger partial charge in [0, 0.05) is 17.1 Å². The van der Waals surface area contributed by atoms with Crippen LogP contribution in [-0.4, -0.2) is 0 Å². The van der Waals surface area contributed by atoms with E-state index in [0.717, 1.165) is 29.1 Å². The van der Waals surface area contributed by atoms with Crippen LogP contribution in [-0.2, 0) is 10.8 Å². The van der Waals surface area contributed by atoms with Gasteiger partial charge in [-0.25, -0.2) is 0 Å². The summed E-state index contributed by atoms with van der Waals surface area (Å²) >= 11 is 0. The van der Waals surface area contributed by atoms with E-state index in [9.17, 15) is 0 Å². The molecule has 72 heavy (non-hydrogen) atoms. The predicted molar refractivity (Wildman–Crippen MR) is 300 cm³/mol. The molecule has 0 heterocycles. The van der Waals surface area contributed by atoms with Gasteiger partial charge in [-0.2, -0.15) is 0 Å². The average molecular weight is 924 g/mol. The van der Waals surface area contributed by atoms with Crippen LogP contribution in [0.3, 0.4) is 0 Å². The van der Waals surface area contributed by atoms with Gasteiger partial charge >= 0.3 is 0 Å². The van der Waals surface area contributed by atoms with Crippen molar-refractivity contribution < 1.29 is 0 Å². The monoisotopic (exact) mass is 923 g/mol. The number of fused-ring (bicyclic) bond motifs is 3. The second-order valence-electron chi connectivity index (χ2n) is 21.4. The van der Waals surface area contributed by atoms with E-state index in [1.807, 2.05) is 0 Å². The predicted octanol–water partition coefficient (Wildman–Crippen LogP) is 18.7. The quantitative estimate of drug-likeness (QED) is 0.132. The molecule has 0 saturated heterocycles. The van der Waals surface area contributed by atoms with Gasteiger partial charge in [-0.3, -0.25) is 0 Å². The molecule has 0 N–H and O–H groups in total. The van der Waals surface area contributed by atoms with Crippen molar-refractivity contribution in [1.82, 2.24) is 0 Å². The molecule has 0 spiro atoms. The summed E-state index contributed by atoms with van der Waals surface area (Å²) in [6.45, 7) is 0. The van der Waals surface area contributed by atoms with Crippen LogP contribution in [0.15, 0.2) is 255 Å². The first-order valence-electron chi connectivity index (χ1n) is 26.3. The highest BCUT2D eigenvalue weighted by atomic mass is 15.1. The molecule has 15 rings (SSSR count). The SMILES string of the molecule is c1ccc(-c2ccccc2-c2ccccc2-c2ccc(N(c3ccc(C45CC6CC(CC(C6)C4)C5)cc3)c3ccc4c(c3)C(c3ccccc3)(c3ccccc3)c3cccc(-c5ccccc5)c3-4)cc2)cc1. The average Bonchev–Trinajstić information content (AvgIpc) is 3.75. The smallest absolute Gasteiger partial charge is 0.0714 e. The minimum absolute atomic E-state index is 0.326. The summed E-state index contributed by atoms with van der Waals surface area (Å²) in [4.78, 5) is 2.52. The molecular weight excluding hydrogens is 867 g/mol. The van der Waals surface area contributed by atoms with Crippen LogP contribution in [0.25, 0.3) is 55.6 Å². The van der Waals surface area contributed by atoms with Crippen LogP contribution in [0, 0.1) is 17.8 Å². The van der Waals surface area contributed by atoms with Crippen LogP contribution in [0.5, 0.6) is 0 Å². The Kier molecular flexibility index (Phi) is 10.3. The Morgan fingerprint density at radius 1 is 0.292 bits per heavy atom. The zero-order valence-corrected chi connectivity index (χ0v) is 40.7. The fourth-order valence-corrected chi connectivity index (χ4v) is 14.7. The van der Waals surface area contributed by atoms with Gasteiger partial charge in [0.2, 0.25) is 0 Å². The number of hydrogen-bond donors (Lipinski definition) is 0. The zero-order valence-electron chi connectivity index (χ0n) is 40.7. The molecule has 346 valence electrons.